The van der Waals surface area contributed by atoms with E-state index in [1.165, 1.54) is 7.11 Å². The SMILES string of the molecule is CON([C@H](C)c1ccccc1C)S(=O)(=O)c1c(C)nn(C)c1C. The second-order valence-corrected chi connectivity index (χ2v) is 7.32. The Morgan fingerprint density at radius 2 is 1.83 bits per heavy atom. The average molecular weight is 337 g/mol. The monoisotopic (exact) mass is 337 g/mol. The summed E-state index contributed by atoms with van der Waals surface area (Å²) in [5, 5.41) is 4.20. The Balaban J connectivity index is 2.54. The van der Waals surface area contributed by atoms with Gasteiger partial charge in [-0.05, 0) is 38.8 Å². The van der Waals surface area contributed by atoms with Crippen LogP contribution < -0.4 is 0 Å². The summed E-state index contributed by atoms with van der Waals surface area (Å²) >= 11 is 0. The molecule has 0 bridgehead atoms. The van der Waals surface area contributed by atoms with Crippen molar-refractivity contribution in [3.8, 4) is 0 Å². The van der Waals surface area contributed by atoms with Gasteiger partial charge in [-0.15, -0.1) is 0 Å². The quantitative estimate of drug-likeness (QED) is 0.787. The molecule has 1 aromatic carbocycles. The highest BCUT2D eigenvalue weighted by Crippen LogP contribution is 2.31. The Hall–Kier alpha value is -1.70. The first-order valence-electron chi connectivity index (χ1n) is 7.36. The van der Waals surface area contributed by atoms with Gasteiger partial charge in [-0.1, -0.05) is 28.7 Å². The summed E-state index contributed by atoms with van der Waals surface area (Å²) in [4.78, 5) is 5.46. The second-order valence-electron chi connectivity index (χ2n) is 5.60. The minimum atomic E-state index is -3.83. The number of benzene rings is 1. The van der Waals surface area contributed by atoms with Crippen LogP contribution in [0.1, 0.15) is 35.5 Å². The first kappa shape index (κ1) is 17.7. The van der Waals surface area contributed by atoms with E-state index in [0.717, 1.165) is 15.6 Å². The molecule has 0 fully saturated rings. The van der Waals surface area contributed by atoms with Crippen molar-refractivity contribution >= 4 is 10.0 Å². The maximum atomic E-state index is 13.1. The van der Waals surface area contributed by atoms with E-state index in [2.05, 4.69) is 5.10 Å². The molecule has 0 saturated heterocycles. The normalized spacial score (nSPS) is 13.5. The molecule has 0 radical (unpaired) electrons. The van der Waals surface area contributed by atoms with E-state index in [4.69, 9.17) is 4.84 Å². The lowest BCUT2D eigenvalue weighted by molar-refractivity contribution is -0.0774. The van der Waals surface area contributed by atoms with Crippen molar-refractivity contribution in [1.82, 2.24) is 14.2 Å². The molecule has 6 nitrogen and oxygen atoms in total. The van der Waals surface area contributed by atoms with Crippen molar-refractivity contribution in [2.75, 3.05) is 7.11 Å². The molecule has 2 aromatic rings. The number of sulfonamides is 1. The fourth-order valence-corrected chi connectivity index (χ4v) is 4.68. The van der Waals surface area contributed by atoms with E-state index in [9.17, 15) is 8.42 Å². The van der Waals surface area contributed by atoms with Gasteiger partial charge in [-0.2, -0.15) is 5.10 Å². The van der Waals surface area contributed by atoms with Crippen LogP contribution in [0.4, 0.5) is 0 Å². The largest absolute Gasteiger partial charge is 0.287 e. The van der Waals surface area contributed by atoms with Crippen LogP contribution >= 0.6 is 0 Å². The molecule has 0 spiro atoms. The molecule has 0 N–H and O–H groups in total. The highest BCUT2D eigenvalue weighted by molar-refractivity contribution is 7.89. The van der Waals surface area contributed by atoms with E-state index in [1.54, 1.807) is 25.6 Å². The summed E-state index contributed by atoms with van der Waals surface area (Å²) in [6.07, 6.45) is 0. The summed E-state index contributed by atoms with van der Waals surface area (Å²) in [6.45, 7) is 7.18. The van der Waals surface area contributed by atoms with Crippen LogP contribution in [0.25, 0.3) is 0 Å². The van der Waals surface area contributed by atoms with Gasteiger partial charge in [0.15, 0.2) is 0 Å². The summed E-state index contributed by atoms with van der Waals surface area (Å²) < 4.78 is 28.8. The van der Waals surface area contributed by atoms with Crippen molar-refractivity contribution in [3.63, 3.8) is 0 Å². The Kier molecular flexibility index (Phi) is 4.93. The smallest absolute Gasteiger partial charge is 0.269 e. The van der Waals surface area contributed by atoms with Gasteiger partial charge in [0.05, 0.1) is 24.5 Å². The Morgan fingerprint density at radius 3 is 2.30 bits per heavy atom. The summed E-state index contributed by atoms with van der Waals surface area (Å²) in [7, 11) is -0.734. The molecule has 0 unspecified atom stereocenters. The predicted octanol–water partition coefficient (Wildman–Crippen LogP) is 2.66. The third-order valence-corrected chi connectivity index (χ3v) is 6.12. The zero-order valence-electron chi connectivity index (χ0n) is 14.4. The molecular formula is C16H23N3O3S. The molecule has 0 saturated carbocycles. The molecule has 0 amide bonds. The van der Waals surface area contributed by atoms with E-state index in [-0.39, 0.29) is 4.90 Å². The van der Waals surface area contributed by atoms with Crippen molar-refractivity contribution in [3.05, 3.63) is 46.8 Å². The maximum absolute atomic E-state index is 13.1. The molecular weight excluding hydrogens is 314 g/mol. The maximum Gasteiger partial charge on any atom is 0.269 e. The predicted molar refractivity (Wildman–Crippen MR) is 88.3 cm³/mol. The summed E-state index contributed by atoms with van der Waals surface area (Å²) in [6, 6.07) is 7.22. The van der Waals surface area contributed by atoms with Gasteiger partial charge in [0.2, 0.25) is 0 Å². The molecule has 1 atom stereocenters. The summed E-state index contributed by atoms with van der Waals surface area (Å²) in [5.74, 6) is 0. The van der Waals surface area contributed by atoms with Crippen LogP contribution in [0.15, 0.2) is 29.2 Å². The lowest BCUT2D eigenvalue weighted by Gasteiger charge is -2.27. The van der Waals surface area contributed by atoms with Gasteiger partial charge in [-0.25, -0.2) is 8.42 Å². The van der Waals surface area contributed by atoms with Crippen molar-refractivity contribution in [1.29, 1.82) is 0 Å². The average Bonchev–Trinajstić information content (AvgIpc) is 2.73. The minimum absolute atomic E-state index is 0.197. The molecule has 0 aliphatic rings. The molecule has 0 aliphatic heterocycles. The molecule has 1 aromatic heterocycles. The van der Waals surface area contributed by atoms with Crippen molar-refractivity contribution in [2.24, 2.45) is 7.05 Å². The molecule has 7 heteroatoms. The standard InChI is InChI=1S/C16H23N3O3S/c1-11-9-7-8-10-15(11)13(3)19(22-6)23(20,21)16-12(2)17-18(5)14(16)4/h7-10,13H,1-6H3/t13-/m1/s1. The first-order valence-corrected chi connectivity index (χ1v) is 8.80. The van der Waals surface area contributed by atoms with E-state index >= 15 is 0 Å². The van der Waals surface area contributed by atoms with Crippen LogP contribution in [-0.2, 0) is 21.9 Å². The first-order chi connectivity index (χ1) is 10.7. The number of nitrogens with zero attached hydrogens (tertiary/aromatic N) is 3. The summed E-state index contributed by atoms with van der Waals surface area (Å²) in [5.41, 5.74) is 2.96. The number of hydrogen-bond acceptors (Lipinski definition) is 4. The number of aryl methyl sites for hydroxylation is 3. The third-order valence-electron chi connectivity index (χ3n) is 4.07. The second kappa shape index (κ2) is 6.43. The lowest BCUT2D eigenvalue weighted by atomic mass is 10.0. The highest BCUT2D eigenvalue weighted by Gasteiger charge is 2.35. The van der Waals surface area contributed by atoms with Gasteiger partial charge in [-0.3, -0.25) is 9.52 Å². The van der Waals surface area contributed by atoms with Gasteiger partial charge in [0.1, 0.15) is 4.90 Å². The Labute approximate surface area is 137 Å². The molecule has 1 heterocycles. The molecule has 23 heavy (non-hydrogen) atoms. The van der Waals surface area contributed by atoms with E-state index in [0.29, 0.717) is 11.4 Å². The number of aromatic nitrogens is 2. The van der Waals surface area contributed by atoms with Crippen LogP contribution in [0.5, 0.6) is 0 Å². The number of rotatable bonds is 5. The number of hydrogen-bond donors (Lipinski definition) is 0. The fourth-order valence-electron chi connectivity index (χ4n) is 2.85. The minimum Gasteiger partial charge on any atom is -0.287 e. The van der Waals surface area contributed by atoms with Crippen LogP contribution in [0.3, 0.4) is 0 Å². The third kappa shape index (κ3) is 3.04. The van der Waals surface area contributed by atoms with Crippen LogP contribution in [0.2, 0.25) is 0 Å². The van der Waals surface area contributed by atoms with Gasteiger partial charge < -0.3 is 0 Å². The van der Waals surface area contributed by atoms with Crippen LogP contribution in [0, 0.1) is 20.8 Å². The van der Waals surface area contributed by atoms with Gasteiger partial charge in [0.25, 0.3) is 10.0 Å². The zero-order chi connectivity index (χ0) is 17.4. The van der Waals surface area contributed by atoms with Gasteiger partial charge >= 0.3 is 0 Å². The molecule has 126 valence electrons. The zero-order valence-corrected chi connectivity index (χ0v) is 15.2. The van der Waals surface area contributed by atoms with E-state index in [1.807, 2.05) is 38.1 Å². The highest BCUT2D eigenvalue weighted by atomic mass is 32.2. The van der Waals surface area contributed by atoms with Gasteiger partial charge in [0, 0.05) is 7.05 Å². The van der Waals surface area contributed by atoms with Crippen molar-refractivity contribution in [2.45, 2.75) is 38.6 Å². The molecule has 2 rings (SSSR count). The van der Waals surface area contributed by atoms with E-state index < -0.39 is 16.1 Å². The Morgan fingerprint density at radius 1 is 1.22 bits per heavy atom. The molecule has 0 aliphatic carbocycles. The topological polar surface area (TPSA) is 64.4 Å². The van der Waals surface area contributed by atoms with Crippen molar-refractivity contribution < 1.29 is 13.3 Å². The fraction of sp³-hybridized carbons (Fsp3) is 0.438. The Bertz CT molecular complexity index is 812. The van der Waals surface area contributed by atoms with Crippen LogP contribution in [-0.4, -0.2) is 29.8 Å². The number of hydroxylamine groups is 1. The lowest BCUT2D eigenvalue weighted by Crippen LogP contribution is -2.33.